The Hall–Kier alpha value is -0.330. The fourth-order valence-electron chi connectivity index (χ4n) is 4.32. The van der Waals surface area contributed by atoms with Crippen LogP contribution in [0, 0.1) is 23.2 Å². The minimum absolute atomic E-state index is 0.161. The van der Waals surface area contributed by atoms with Crippen molar-refractivity contribution in [3.8, 4) is 0 Å². The van der Waals surface area contributed by atoms with E-state index >= 15 is 0 Å². The summed E-state index contributed by atoms with van der Waals surface area (Å²) in [5.74, 6) is 2.75. The zero-order valence-electron chi connectivity index (χ0n) is 13.5. The number of aldehydes is 1. The van der Waals surface area contributed by atoms with Crippen LogP contribution in [0.1, 0.15) is 80.1 Å². The molecule has 4 fully saturated rings. The quantitative estimate of drug-likeness (QED) is 0.566. The highest BCUT2D eigenvalue weighted by Gasteiger charge is 2.50. The molecular weight excluding hydrogens is 220 g/mol. The normalized spacial score (nSPS) is 38.2. The number of carbonyl (C=O) groups excluding carboxylic acids is 1. The lowest BCUT2D eigenvalue weighted by atomic mass is 9.50. The van der Waals surface area contributed by atoms with Crippen molar-refractivity contribution in [3.63, 3.8) is 0 Å². The second-order valence-corrected chi connectivity index (χ2v) is 5.40. The summed E-state index contributed by atoms with van der Waals surface area (Å²) in [5, 5.41) is 0. The number of rotatable bonds is 1. The summed E-state index contributed by atoms with van der Waals surface area (Å²) in [4.78, 5) is 11.1. The molecule has 0 aromatic heterocycles. The molecule has 0 aliphatic heterocycles. The summed E-state index contributed by atoms with van der Waals surface area (Å²) in [6, 6.07) is 0. The van der Waals surface area contributed by atoms with Gasteiger partial charge in [0.25, 0.3) is 0 Å². The van der Waals surface area contributed by atoms with E-state index in [9.17, 15) is 4.79 Å². The van der Waals surface area contributed by atoms with Crippen LogP contribution in [0.3, 0.4) is 0 Å². The van der Waals surface area contributed by atoms with Crippen molar-refractivity contribution < 1.29 is 4.79 Å². The van der Waals surface area contributed by atoms with Gasteiger partial charge in [-0.05, 0) is 56.3 Å². The molecular formula is C17H34O. The summed E-state index contributed by atoms with van der Waals surface area (Å²) in [5.41, 5.74) is 0.161. The van der Waals surface area contributed by atoms with E-state index in [1.807, 2.05) is 41.5 Å². The minimum atomic E-state index is 0.161. The smallest absolute Gasteiger partial charge is 0.126 e. The molecule has 0 radical (unpaired) electrons. The first-order chi connectivity index (χ1) is 8.80. The number of hydrogen-bond acceptors (Lipinski definition) is 1. The summed E-state index contributed by atoms with van der Waals surface area (Å²) in [7, 11) is 0. The van der Waals surface area contributed by atoms with E-state index in [-0.39, 0.29) is 5.41 Å². The summed E-state index contributed by atoms with van der Waals surface area (Å²) < 4.78 is 0. The van der Waals surface area contributed by atoms with Crippen molar-refractivity contribution >= 4 is 6.29 Å². The molecule has 1 nitrogen and oxygen atoms in total. The van der Waals surface area contributed by atoms with Gasteiger partial charge in [0.1, 0.15) is 6.29 Å². The van der Waals surface area contributed by atoms with Crippen LogP contribution in [0.2, 0.25) is 0 Å². The Morgan fingerprint density at radius 1 is 0.722 bits per heavy atom. The van der Waals surface area contributed by atoms with Crippen LogP contribution < -0.4 is 0 Å². The minimum Gasteiger partial charge on any atom is -0.303 e. The first-order valence-corrected chi connectivity index (χ1v) is 8.26. The SMILES string of the molecule is CC.CC.CC.O=CC12CC3CC(CC(C3)C1)C2. The van der Waals surface area contributed by atoms with Crippen molar-refractivity contribution in [1.29, 1.82) is 0 Å². The van der Waals surface area contributed by atoms with Crippen LogP contribution in [0.5, 0.6) is 0 Å². The average Bonchev–Trinajstić information content (AvgIpc) is 2.44. The average molecular weight is 254 g/mol. The maximum absolute atomic E-state index is 11.1. The molecule has 18 heavy (non-hydrogen) atoms. The number of hydrogen-bond donors (Lipinski definition) is 0. The van der Waals surface area contributed by atoms with E-state index in [0.29, 0.717) is 0 Å². The molecule has 4 bridgehead atoms. The third kappa shape index (κ3) is 3.83. The molecule has 4 rings (SSSR count). The maximum Gasteiger partial charge on any atom is 0.126 e. The Labute approximate surface area is 115 Å². The molecule has 0 aromatic rings. The molecule has 0 spiro atoms. The zero-order valence-corrected chi connectivity index (χ0v) is 13.5. The molecule has 0 unspecified atom stereocenters. The predicted molar refractivity (Wildman–Crippen MR) is 80.7 cm³/mol. The Morgan fingerprint density at radius 2 is 1.00 bits per heavy atom. The van der Waals surface area contributed by atoms with Crippen molar-refractivity contribution in [3.05, 3.63) is 0 Å². The Morgan fingerprint density at radius 3 is 1.22 bits per heavy atom. The third-order valence-corrected chi connectivity index (χ3v) is 4.34. The van der Waals surface area contributed by atoms with Crippen molar-refractivity contribution in [1.82, 2.24) is 0 Å². The van der Waals surface area contributed by atoms with Crippen LogP contribution >= 0.6 is 0 Å². The number of carbonyl (C=O) groups is 1. The first kappa shape index (κ1) is 17.7. The Balaban J connectivity index is 0.000000429. The van der Waals surface area contributed by atoms with Gasteiger partial charge in [-0.1, -0.05) is 41.5 Å². The van der Waals surface area contributed by atoms with Gasteiger partial charge in [0.15, 0.2) is 0 Å². The molecule has 0 atom stereocenters. The molecule has 0 aromatic carbocycles. The lowest BCUT2D eigenvalue weighted by Gasteiger charge is -2.54. The molecule has 4 aliphatic rings. The van der Waals surface area contributed by atoms with Gasteiger partial charge in [0.05, 0.1) is 0 Å². The van der Waals surface area contributed by atoms with Crippen molar-refractivity contribution in [2.45, 2.75) is 80.1 Å². The van der Waals surface area contributed by atoms with Gasteiger partial charge < -0.3 is 4.79 Å². The van der Waals surface area contributed by atoms with Crippen molar-refractivity contribution in [2.24, 2.45) is 23.2 Å². The van der Waals surface area contributed by atoms with Crippen LogP contribution in [0.15, 0.2) is 0 Å². The predicted octanol–water partition coefficient (Wildman–Crippen LogP) is 5.48. The second kappa shape index (κ2) is 8.72. The molecule has 0 heterocycles. The standard InChI is InChI=1S/C11H16O.3C2H6/c12-7-11-4-8-1-9(5-11)3-10(2-8)6-11;3*1-2/h7-10H,1-6H2;3*1-2H3. The van der Waals surface area contributed by atoms with E-state index in [2.05, 4.69) is 0 Å². The molecule has 1 heteroatoms. The van der Waals surface area contributed by atoms with E-state index in [0.717, 1.165) is 17.8 Å². The Kier molecular flexibility index (Phi) is 8.56. The lowest BCUT2D eigenvalue weighted by molar-refractivity contribution is -0.130. The van der Waals surface area contributed by atoms with Gasteiger partial charge in [0.2, 0.25) is 0 Å². The van der Waals surface area contributed by atoms with Crippen LogP contribution in [0.25, 0.3) is 0 Å². The lowest BCUT2D eigenvalue weighted by Crippen LogP contribution is -2.46. The largest absolute Gasteiger partial charge is 0.303 e. The van der Waals surface area contributed by atoms with Gasteiger partial charge >= 0.3 is 0 Å². The van der Waals surface area contributed by atoms with Gasteiger partial charge in [-0.2, -0.15) is 0 Å². The van der Waals surface area contributed by atoms with E-state index in [1.54, 1.807) is 0 Å². The first-order valence-electron chi connectivity index (χ1n) is 8.26. The van der Waals surface area contributed by atoms with E-state index in [1.165, 1.54) is 44.8 Å². The molecule has 108 valence electrons. The van der Waals surface area contributed by atoms with Crippen LogP contribution in [-0.2, 0) is 4.79 Å². The topological polar surface area (TPSA) is 17.1 Å². The summed E-state index contributed by atoms with van der Waals surface area (Å²) in [6.07, 6.45) is 9.28. The second-order valence-electron chi connectivity index (χ2n) is 5.40. The molecule has 0 amide bonds. The fourth-order valence-corrected chi connectivity index (χ4v) is 4.32. The fraction of sp³-hybridized carbons (Fsp3) is 0.941. The van der Waals surface area contributed by atoms with Gasteiger partial charge in [-0.3, -0.25) is 0 Å². The highest BCUT2D eigenvalue weighted by Crippen LogP contribution is 2.58. The van der Waals surface area contributed by atoms with Crippen LogP contribution in [0.4, 0.5) is 0 Å². The molecule has 0 N–H and O–H groups in total. The molecule has 0 saturated heterocycles. The van der Waals surface area contributed by atoms with E-state index in [4.69, 9.17) is 0 Å². The zero-order chi connectivity index (χ0) is 14.2. The molecule has 4 aliphatic carbocycles. The van der Waals surface area contributed by atoms with Gasteiger partial charge in [0, 0.05) is 5.41 Å². The Bertz CT molecular complexity index is 184. The monoisotopic (exact) mass is 254 g/mol. The summed E-state index contributed by atoms with van der Waals surface area (Å²) >= 11 is 0. The van der Waals surface area contributed by atoms with Crippen molar-refractivity contribution in [2.75, 3.05) is 0 Å². The van der Waals surface area contributed by atoms with Gasteiger partial charge in [-0.25, -0.2) is 0 Å². The van der Waals surface area contributed by atoms with Crippen LogP contribution in [-0.4, -0.2) is 6.29 Å². The highest BCUT2D eigenvalue weighted by atomic mass is 16.1. The molecule has 4 saturated carbocycles. The maximum atomic E-state index is 11.1. The van der Waals surface area contributed by atoms with Gasteiger partial charge in [-0.15, -0.1) is 0 Å². The van der Waals surface area contributed by atoms with E-state index < -0.39 is 0 Å². The summed E-state index contributed by atoms with van der Waals surface area (Å²) in [6.45, 7) is 12.0. The highest BCUT2D eigenvalue weighted by molar-refractivity contribution is 5.60. The third-order valence-electron chi connectivity index (χ3n) is 4.34.